The van der Waals surface area contributed by atoms with Gasteiger partial charge in [0, 0.05) is 14.6 Å². The molecule has 1 rings (SSSR count). The Morgan fingerprint density at radius 2 is 2.18 bits per heavy atom. The van der Waals surface area contributed by atoms with Crippen LogP contribution >= 0.6 is 34.2 Å². The average Bonchev–Trinajstić information content (AvgIpc) is 2.31. The molecule has 1 aromatic rings. The van der Waals surface area contributed by atoms with E-state index >= 15 is 0 Å². The summed E-state index contributed by atoms with van der Waals surface area (Å²) in [7, 11) is 0. The molecule has 0 saturated carbocycles. The van der Waals surface area contributed by atoms with Crippen LogP contribution in [0.5, 0.6) is 0 Å². The molecule has 0 aliphatic heterocycles. The van der Waals surface area contributed by atoms with Crippen molar-refractivity contribution in [3.63, 3.8) is 0 Å². The molecule has 1 N–H and O–H groups in total. The molecule has 1 nitrogen and oxygen atoms in total. The van der Waals surface area contributed by atoms with Crippen LogP contribution in [0.3, 0.4) is 0 Å². The van der Waals surface area contributed by atoms with Gasteiger partial charge in [0.2, 0.25) is 0 Å². The van der Waals surface area contributed by atoms with Crippen molar-refractivity contribution in [1.82, 2.24) is 5.32 Å². The molecule has 0 heterocycles. The molecule has 17 heavy (non-hydrogen) atoms. The summed E-state index contributed by atoms with van der Waals surface area (Å²) in [4.78, 5) is 0. The standard InChI is InChI=1S/C14H19ClIN/c1-4-10(3)8-14(17-5-2)12-9-11(15)6-7-13(12)16/h6-7,9,14,17H,3-5,8H2,1-2H3. The molecule has 0 radical (unpaired) electrons. The van der Waals surface area contributed by atoms with E-state index in [1.165, 1.54) is 14.7 Å². The highest BCUT2D eigenvalue weighted by atomic mass is 127. The van der Waals surface area contributed by atoms with E-state index in [0.717, 1.165) is 24.4 Å². The highest BCUT2D eigenvalue weighted by molar-refractivity contribution is 14.1. The van der Waals surface area contributed by atoms with Gasteiger partial charge in [-0.2, -0.15) is 0 Å². The van der Waals surface area contributed by atoms with Gasteiger partial charge >= 0.3 is 0 Å². The molecule has 0 bridgehead atoms. The van der Waals surface area contributed by atoms with Gasteiger partial charge in [0.25, 0.3) is 0 Å². The van der Waals surface area contributed by atoms with Crippen molar-refractivity contribution in [2.75, 3.05) is 6.54 Å². The second kappa shape index (κ2) is 7.39. The van der Waals surface area contributed by atoms with Crippen LogP contribution in [0.25, 0.3) is 0 Å². The molecule has 1 atom stereocenters. The van der Waals surface area contributed by atoms with Crippen molar-refractivity contribution in [2.45, 2.75) is 32.7 Å². The molecule has 94 valence electrons. The zero-order valence-corrected chi connectivity index (χ0v) is 13.3. The van der Waals surface area contributed by atoms with Crippen molar-refractivity contribution < 1.29 is 0 Å². The fourth-order valence-electron chi connectivity index (χ4n) is 1.75. The van der Waals surface area contributed by atoms with Crippen LogP contribution in [0.4, 0.5) is 0 Å². The van der Waals surface area contributed by atoms with E-state index < -0.39 is 0 Å². The normalized spacial score (nSPS) is 12.5. The second-order valence-electron chi connectivity index (χ2n) is 4.08. The van der Waals surface area contributed by atoms with Gasteiger partial charge in [-0.1, -0.05) is 37.6 Å². The molecule has 1 aromatic carbocycles. The molecule has 0 spiro atoms. The van der Waals surface area contributed by atoms with E-state index in [-0.39, 0.29) is 0 Å². The Morgan fingerprint density at radius 1 is 1.47 bits per heavy atom. The van der Waals surface area contributed by atoms with E-state index in [1.807, 2.05) is 6.07 Å². The van der Waals surface area contributed by atoms with E-state index in [1.54, 1.807) is 0 Å². The summed E-state index contributed by atoms with van der Waals surface area (Å²) in [6.45, 7) is 9.32. The zero-order valence-electron chi connectivity index (χ0n) is 10.4. The maximum absolute atomic E-state index is 6.08. The maximum atomic E-state index is 6.08. The van der Waals surface area contributed by atoms with Crippen molar-refractivity contribution in [3.8, 4) is 0 Å². The summed E-state index contributed by atoms with van der Waals surface area (Å²) in [5, 5.41) is 4.30. The van der Waals surface area contributed by atoms with Gasteiger partial charge in [0.05, 0.1) is 0 Å². The lowest BCUT2D eigenvalue weighted by molar-refractivity contribution is 0.541. The Hall–Kier alpha value is -0.0600. The van der Waals surface area contributed by atoms with Crippen molar-refractivity contribution in [3.05, 3.63) is 44.5 Å². The van der Waals surface area contributed by atoms with E-state index in [0.29, 0.717) is 6.04 Å². The van der Waals surface area contributed by atoms with E-state index in [9.17, 15) is 0 Å². The summed E-state index contributed by atoms with van der Waals surface area (Å²) < 4.78 is 1.25. The third-order valence-electron chi connectivity index (χ3n) is 2.78. The minimum Gasteiger partial charge on any atom is -0.310 e. The van der Waals surface area contributed by atoms with Gasteiger partial charge in [-0.15, -0.1) is 0 Å². The van der Waals surface area contributed by atoms with Gasteiger partial charge in [-0.3, -0.25) is 0 Å². The van der Waals surface area contributed by atoms with Crippen LogP contribution in [-0.2, 0) is 0 Å². The monoisotopic (exact) mass is 363 g/mol. The molecular formula is C14H19ClIN. The smallest absolute Gasteiger partial charge is 0.0410 e. The van der Waals surface area contributed by atoms with Gasteiger partial charge in [-0.05, 0) is 65.7 Å². The first-order valence-electron chi connectivity index (χ1n) is 5.93. The molecular weight excluding hydrogens is 345 g/mol. The summed E-state index contributed by atoms with van der Waals surface area (Å²) in [5.41, 5.74) is 2.54. The van der Waals surface area contributed by atoms with E-state index in [2.05, 4.69) is 60.5 Å². The zero-order chi connectivity index (χ0) is 12.8. The minimum atomic E-state index is 0.318. The Kier molecular flexibility index (Phi) is 6.52. The molecule has 0 aliphatic rings. The third kappa shape index (κ3) is 4.60. The summed E-state index contributed by atoms with van der Waals surface area (Å²) in [6, 6.07) is 6.37. The van der Waals surface area contributed by atoms with Gasteiger partial charge in [0.1, 0.15) is 0 Å². The third-order valence-corrected chi connectivity index (χ3v) is 3.99. The molecule has 0 fully saturated rings. The number of benzene rings is 1. The van der Waals surface area contributed by atoms with Crippen LogP contribution in [0.15, 0.2) is 30.4 Å². The molecule has 0 amide bonds. The number of rotatable bonds is 6. The van der Waals surface area contributed by atoms with Crippen LogP contribution in [0.2, 0.25) is 5.02 Å². The van der Waals surface area contributed by atoms with Crippen molar-refractivity contribution >= 4 is 34.2 Å². The van der Waals surface area contributed by atoms with Gasteiger partial charge < -0.3 is 5.32 Å². The van der Waals surface area contributed by atoms with Crippen LogP contribution < -0.4 is 5.32 Å². The lowest BCUT2D eigenvalue weighted by atomic mass is 9.98. The molecule has 0 aromatic heterocycles. The molecule has 0 saturated heterocycles. The fourth-order valence-corrected chi connectivity index (χ4v) is 2.65. The minimum absolute atomic E-state index is 0.318. The molecule has 1 unspecified atom stereocenters. The van der Waals surface area contributed by atoms with Gasteiger partial charge in [0.15, 0.2) is 0 Å². The fraction of sp³-hybridized carbons (Fsp3) is 0.429. The summed E-state index contributed by atoms with van der Waals surface area (Å²) in [5.74, 6) is 0. The lowest BCUT2D eigenvalue weighted by Gasteiger charge is -2.21. The van der Waals surface area contributed by atoms with E-state index in [4.69, 9.17) is 11.6 Å². The number of hydrogen-bond acceptors (Lipinski definition) is 1. The second-order valence-corrected chi connectivity index (χ2v) is 5.68. The molecule has 0 aliphatic carbocycles. The summed E-state index contributed by atoms with van der Waals surface area (Å²) >= 11 is 8.44. The van der Waals surface area contributed by atoms with Crippen LogP contribution in [0.1, 0.15) is 38.3 Å². The highest BCUT2D eigenvalue weighted by Gasteiger charge is 2.14. The first-order chi connectivity index (χ1) is 8.08. The predicted molar refractivity (Wildman–Crippen MR) is 84.6 cm³/mol. The first kappa shape index (κ1) is 15.0. The van der Waals surface area contributed by atoms with Gasteiger partial charge in [-0.25, -0.2) is 0 Å². The Bertz CT molecular complexity index is 390. The van der Waals surface area contributed by atoms with Crippen molar-refractivity contribution in [1.29, 1.82) is 0 Å². The topological polar surface area (TPSA) is 12.0 Å². The average molecular weight is 364 g/mol. The van der Waals surface area contributed by atoms with Crippen LogP contribution in [-0.4, -0.2) is 6.54 Å². The Morgan fingerprint density at radius 3 is 2.76 bits per heavy atom. The quantitative estimate of drug-likeness (QED) is 0.557. The van der Waals surface area contributed by atoms with Crippen molar-refractivity contribution in [2.24, 2.45) is 0 Å². The first-order valence-corrected chi connectivity index (χ1v) is 7.39. The largest absolute Gasteiger partial charge is 0.310 e. The lowest BCUT2D eigenvalue weighted by Crippen LogP contribution is -2.22. The SMILES string of the molecule is C=C(CC)CC(NCC)c1cc(Cl)ccc1I. The predicted octanol–water partition coefficient (Wildman–Crippen LogP) is 4.95. The van der Waals surface area contributed by atoms with Crippen LogP contribution in [0, 0.1) is 3.57 Å². The number of nitrogens with one attached hydrogen (secondary N) is 1. The maximum Gasteiger partial charge on any atom is 0.0410 e. The highest BCUT2D eigenvalue weighted by Crippen LogP contribution is 2.28. The number of hydrogen-bond donors (Lipinski definition) is 1. The Balaban J connectivity index is 2.95. The summed E-state index contributed by atoms with van der Waals surface area (Å²) in [6.07, 6.45) is 2.00. The molecule has 3 heteroatoms. The number of halogens is 2. The Labute approximate surface area is 123 Å².